The Labute approximate surface area is 139 Å². The van der Waals surface area contributed by atoms with Crippen molar-refractivity contribution in [3.8, 4) is 11.1 Å². The molecule has 2 aliphatic rings. The van der Waals surface area contributed by atoms with Gasteiger partial charge in [0.05, 0.1) is 0 Å². The van der Waals surface area contributed by atoms with Gasteiger partial charge in [-0.25, -0.2) is 0 Å². The maximum Gasteiger partial charge on any atom is 0.0326 e. The van der Waals surface area contributed by atoms with E-state index in [9.17, 15) is 0 Å². The van der Waals surface area contributed by atoms with Gasteiger partial charge in [0.15, 0.2) is 0 Å². The number of hydrogen-bond donors (Lipinski definition) is 2. The zero-order valence-corrected chi connectivity index (χ0v) is 13.9. The Morgan fingerprint density at radius 3 is 2.70 bits per heavy atom. The molecule has 2 N–H and O–H groups in total. The zero-order valence-electron chi connectivity index (χ0n) is 13.9. The number of nitrogens with one attached hydrogen (secondary N) is 2. The number of aryl methyl sites for hydroxylation is 1. The molecule has 2 unspecified atom stereocenters. The van der Waals surface area contributed by atoms with E-state index in [0.717, 1.165) is 6.54 Å². The molecule has 4 rings (SSSR count). The van der Waals surface area contributed by atoms with Crippen LogP contribution in [0.3, 0.4) is 0 Å². The summed E-state index contributed by atoms with van der Waals surface area (Å²) in [6, 6.07) is 19.6. The van der Waals surface area contributed by atoms with Crippen molar-refractivity contribution in [2.75, 3.05) is 6.54 Å². The minimum Gasteiger partial charge on any atom is -0.313 e. The van der Waals surface area contributed by atoms with Crippen LogP contribution >= 0.6 is 0 Å². The van der Waals surface area contributed by atoms with Gasteiger partial charge in [-0.1, -0.05) is 48.5 Å². The third kappa shape index (κ3) is 3.19. The molecule has 0 amide bonds. The highest BCUT2D eigenvalue weighted by Crippen LogP contribution is 2.33. The summed E-state index contributed by atoms with van der Waals surface area (Å²) >= 11 is 0. The summed E-state index contributed by atoms with van der Waals surface area (Å²) in [5.41, 5.74) is 5.73. The fraction of sp³-hybridized carbons (Fsp3) is 0.429. The molecule has 3 atom stereocenters. The standard InChI is InChI=1S/C21H26N2/c1-15-12-19(14-22-15)23-21-9-5-8-18-13-17(10-11-20(18)21)16-6-3-2-4-7-16/h2-4,6-7,10-11,13,15,19,21-23H,5,8-9,12,14H2,1H3/t15?,19?,21-/m1/s1. The molecule has 1 heterocycles. The number of fused-ring (bicyclic) bond motifs is 1. The van der Waals surface area contributed by atoms with Gasteiger partial charge in [0, 0.05) is 24.7 Å². The molecular formula is C21H26N2. The molecule has 0 bridgehead atoms. The monoisotopic (exact) mass is 306 g/mol. The summed E-state index contributed by atoms with van der Waals surface area (Å²) in [4.78, 5) is 0. The topological polar surface area (TPSA) is 24.1 Å². The number of benzene rings is 2. The van der Waals surface area contributed by atoms with Crippen LogP contribution in [0.1, 0.15) is 43.4 Å². The maximum atomic E-state index is 3.90. The number of rotatable bonds is 3. The lowest BCUT2D eigenvalue weighted by molar-refractivity contribution is 0.405. The summed E-state index contributed by atoms with van der Waals surface area (Å²) < 4.78 is 0. The normalized spacial score (nSPS) is 26.9. The van der Waals surface area contributed by atoms with Gasteiger partial charge >= 0.3 is 0 Å². The molecule has 0 spiro atoms. The molecule has 0 saturated carbocycles. The average molecular weight is 306 g/mol. The van der Waals surface area contributed by atoms with Crippen LogP contribution < -0.4 is 10.6 Å². The van der Waals surface area contributed by atoms with E-state index in [-0.39, 0.29) is 0 Å². The summed E-state index contributed by atoms with van der Waals surface area (Å²) in [5.74, 6) is 0. The van der Waals surface area contributed by atoms with Gasteiger partial charge in [-0.3, -0.25) is 0 Å². The lowest BCUT2D eigenvalue weighted by atomic mass is 9.85. The molecule has 2 aromatic rings. The lowest BCUT2D eigenvalue weighted by Crippen LogP contribution is -2.36. The van der Waals surface area contributed by atoms with Gasteiger partial charge in [0.2, 0.25) is 0 Å². The van der Waals surface area contributed by atoms with Gasteiger partial charge in [0.1, 0.15) is 0 Å². The van der Waals surface area contributed by atoms with Crippen molar-refractivity contribution >= 4 is 0 Å². The van der Waals surface area contributed by atoms with E-state index in [1.54, 1.807) is 0 Å². The smallest absolute Gasteiger partial charge is 0.0326 e. The molecule has 0 aromatic heterocycles. The van der Waals surface area contributed by atoms with E-state index >= 15 is 0 Å². The Morgan fingerprint density at radius 1 is 1.04 bits per heavy atom. The quantitative estimate of drug-likeness (QED) is 0.893. The van der Waals surface area contributed by atoms with Crippen LogP contribution in [0.5, 0.6) is 0 Å². The summed E-state index contributed by atoms with van der Waals surface area (Å²) in [5, 5.41) is 7.45. The third-order valence-electron chi connectivity index (χ3n) is 5.35. The first kappa shape index (κ1) is 14.9. The molecule has 2 aromatic carbocycles. The van der Waals surface area contributed by atoms with Crippen molar-refractivity contribution in [1.82, 2.24) is 10.6 Å². The van der Waals surface area contributed by atoms with Gasteiger partial charge in [-0.15, -0.1) is 0 Å². The minimum atomic E-state index is 0.528. The maximum absolute atomic E-state index is 3.90. The van der Waals surface area contributed by atoms with Crippen LogP contribution in [0, 0.1) is 0 Å². The predicted octanol–water partition coefficient (Wildman–Crippen LogP) is 4.07. The van der Waals surface area contributed by atoms with E-state index in [0.29, 0.717) is 18.1 Å². The third-order valence-corrected chi connectivity index (χ3v) is 5.35. The van der Waals surface area contributed by atoms with E-state index in [4.69, 9.17) is 0 Å². The summed E-state index contributed by atoms with van der Waals surface area (Å²) in [7, 11) is 0. The second-order valence-electron chi connectivity index (χ2n) is 7.13. The highest BCUT2D eigenvalue weighted by molar-refractivity contribution is 5.65. The Kier molecular flexibility index (Phi) is 4.19. The van der Waals surface area contributed by atoms with E-state index in [1.165, 1.54) is 47.9 Å². The van der Waals surface area contributed by atoms with Crippen LogP contribution in [-0.4, -0.2) is 18.6 Å². The molecule has 1 fully saturated rings. The van der Waals surface area contributed by atoms with E-state index in [2.05, 4.69) is 66.1 Å². The highest BCUT2D eigenvalue weighted by atomic mass is 15.1. The van der Waals surface area contributed by atoms with Crippen LogP contribution in [0.2, 0.25) is 0 Å². The van der Waals surface area contributed by atoms with E-state index in [1.807, 2.05) is 0 Å². The first-order chi connectivity index (χ1) is 11.3. The van der Waals surface area contributed by atoms with E-state index < -0.39 is 0 Å². The van der Waals surface area contributed by atoms with Crippen molar-refractivity contribution < 1.29 is 0 Å². The summed E-state index contributed by atoms with van der Waals surface area (Å²) in [6.07, 6.45) is 5.02. The summed E-state index contributed by atoms with van der Waals surface area (Å²) in [6.45, 7) is 3.39. The Morgan fingerprint density at radius 2 is 1.91 bits per heavy atom. The van der Waals surface area contributed by atoms with Crippen LogP contribution in [0.4, 0.5) is 0 Å². The van der Waals surface area contributed by atoms with Crippen molar-refractivity contribution in [3.05, 3.63) is 59.7 Å². The van der Waals surface area contributed by atoms with Gasteiger partial charge in [-0.05, 0) is 54.9 Å². The Balaban J connectivity index is 1.57. The van der Waals surface area contributed by atoms with Crippen LogP contribution in [0.25, 0.3) is 11.1 Å². The molecule has 1 aliphatic heterocycles. The fourth-order valence-corrected chi connectivity index (χ4v) is 4.15. The molecule has 1 saturated heterocycles. The first-order valence-corrected chi connectivity index (χ1v) is 8.97. The molecule has 2 heteroatoms. The van der Waals surface area contributed by atoms with Crippen LogP contribution in [-0.2, 0) is 6.42 Å². The minimum absolute atomic E-state index is 0.528. The molecule has 1 aliphatic carbocycles. The predicted molar refractivity (Wildman–Crippen MR) is 96.6 cm³/mol. The Hall–Kier alpha value is -1.64. The molecule has 2 nitrogen and oxygen atoms in total. The van der Waals surface area contributed by atoms with Gasteiger partial charge in [0.25, 0.3) is 0 Å². The van der Waals surface area contributed by atoms with Gasteiger partial charge in [-0.2, -0.15) is 0 Å². The second-order valence-corrected chi connectivity index (χ2v) is 7.13. The molecule has 0 radical (unpaired) electrons. The highest BCUT2D eigenvalue weighted by Gasteiger charge is 2.26. The lowest BCUT2D eigenvalue weighted by Gasteiger charge is -2.29. The largest absolute Gasteiger partial charge is 0.313 e. The number of hydrogen-bond acceptors (Lipinski definition) is 2. The van der Waals surface area contributed by atoms with Gasteiger partial charge < -0.3 is 10.6 Å². The van der Waals surface area contributed by atoms with Crippen LogP contribution in [0.15, 0.2) is 48.5 Å². The van der Waals surface area contributed by atoms with Crippen molar-refractivity contribution in [3.63, 3.8) is 0 Å². The first-order valence-electron chi connectivity index (χ1n) is 8.97. The average Bonchev–Trinajstić information content (AvgIpc) is 3.00. The van der Waals surface area contributed by atoms with Crippen molar-refractivity contribution in [1.29, 1.82) is 0 Å². The molecule has 120 valence electrons. The molecular weight excluding hydrogens is 280 g/mol. The van der Waals surface area contributed by atoms with Crippen molar-refractivity contribution in [2.45, 2.75) is 50.7 Å². The second kappa shape index (κ2) is 6.46. The Bertz CT molecular complexity index is 665. The molecule has 23 heavy (non-hydrogen) atoms. The van der Waals surface area contributed by atoms with Crippen molar-refractivity contribution in [2.24, 2.45) is 0 Å². The zero-order chi connectivity index (χ0) is 15.6. The fourth-order valence-electron chi connectivity index (χ4n) is 4.15. The SMILES string of the molecule is CC1CC(N[C@@H]2CCCc3cc(-c4ccccc4)ccc32)CN1.